The largest absolute Gasteiger partial charge is 0.497 e. The summed E-state index contributed by atoms with van der Waals surface area (Å²) < 4.78 is 74.4. The minimum atomic E-state index is -4.05. The van der Waals surface area contributed by atoms with Crippen molar-refractivity contribution in [2.45, 2.75) is 138 Å². The van der Waals surface area contributed by atoms with Crippen molar-refractivity contribution in [3.05, 3.63) is 41.6 Å². The number of carbonyl (C=O) groups excluding carboxylic acids is 4. The highest BCUT2D eigenvalue weighted by molar-refractivity contribution is 7.91. The quantitative estimate of drug-likeness (QED) is 0.302. The lowest BCUT2D eigenvalue weighted by atomic mass is 9.87. The molecule has 5 aliphatic rings. The van der Waals surface area contributed by atoms with Gasteiger partial charge in [-0.3, -0.25) is 19.1 Å². The number of sulfonamides is 1. The molecule has 1 aromatic carbocycles. The predicted molar refractivity (Wildman–Crippen MR) is 204 cm³/mol. The summed E-state index contributed by atoms with van der Waals surface area (Å²) in [5.74, 6) is -2.33. The second kappa shape index (κ2) is 15.3. The lowest BCUT2D eigenvalue weighted by Gasteiger charge is -2.37. The Hall–Kier alpha value is -4.54. The van der Waals surface area contributed by atoms with E-state index < -0.39 is 85.9 Å². The van der Waals surface area contributed by atoms with E-state index in [1.807, 2.05) is 19.1 Å². The molecule has 3 fully saturated rings. The minimum absolute atomic E-state index is 0.124. The molecule has 3 aliphatic heterocycles. The van der Waals surface area contributed by atoms with Crippen molar-refractivity contribution in [2.24, 2.45) is 5.92 Å². The number of fused-ring (bicyclic) bond motifs is 5. The number of nitrogens with zero attached hydrogens (tertiary/aromatic N) is 2. The number of amides is 4. The molecular weight excluding hydrogens is 765 g/mol. The number of aryl methyl sites for hydroxylation is 1. The molecule has 2 saturated carbocycles. The number of allylic oxidation sites excluding steroid dienone is 1. The van der Waals surface area contributed by atoms with Gasteiger partial charge in [-0.1, -0.05) is 31.9 Å². The first-order valence-electron chi connectivity index (χ1n) is 19.8. The standard InChI is InChI=1S/C40H51F2N5O9S/c1-5-23(2)55-37(51)44-29-12-10-8-6-7-9-11-24-20-40(24,36(50)46-57(52,53)38(3)17-18-38)45-34(48)30-21-39(22-47(30)35(29)49)16-15-26-27-19-25(54-4)13-14-28(27)43-31(33(41)42)32(26)56-39/h9,11,13-14,19,23-24,29-30,33H,5-8,10,12,15-18,20-22H2,1-4H3,(H,44,51)(H,45,48)(H,46,50)/b11-9-/t23-,24-,29+,30+,39-,40-/m1/s1. The zero-order valence-corrected chi connectivity index (χ0v) is 33.5. The van der Waals surface area contributed by atoms with Gasteiger partial charge in [0.2, 0.25) is 21.8 Å². The third kappa shape index (κ3) is 7.87. The summed E-state index contributed by atoms with van der Waals surface area (Å²) in [6, 6.07) is 2.55. The molecule has 6 atom stereocenters. The van der Waals surface area contributed by atoms with Gasteiger partial charge in [0.25, 0.3) is 12.3 Å². The fourth-order valence-electron chi connectivity index (χ4n) is 8.25. The number of alkyl halides is 2. The second-order valence-electron chi connectivity index (χ2n) is 16.5. The number of methoxy groups -OCH3 is 1. The van der Waals surface area contributed by atoms with Crippen LogP contribution in [0.1, 0.15) is 109 Å². The Morgan fingerprint density at radius 3 is 2.61 bits per heavy atom. The molecule has 1 aromatic heterocycles. The number of halogens is 2. The van der Waals surface area contributed by atoms with Gasteiger partial charge in [0.1, 0.15) is 40.8 Å². The van der Waals surface area contributed by atoms with Crippen molar-refractivity contribution in [1.82, 2.24) is 25.2 Å². The van der Waals surface area contributed by atoms with Crippen molar-refractivity contribution in [1.29, 1.82) is 0 Å². The maximum Gasteiger partial charge on any atom is 0.408 e. The monoisotopic (exact) mass is 815 g/mol. The van der Waals surface area contributed by atoms with E-state index in [-0.39, 0.29) is 44.4 Å². The van der Waals surface area contributed by atoms with Gasteiger partial charge in [0.15, 0.2) is 5.75 Å². The molecule has 2 aromatic rings. The molecule has 310 valence electrons. The zero-order valence-electron chi connectivity index (χ0n) is 32.7. The van der Waals surface area contributed by atoms with Crippen LogP contribution in [0.5, 0.6) is 11.5 Å². The molecular formula is C40H51F2N5O9S. The minimum Gasteiger partial charge on any atom is -0.497 e. The smallest absolute Gasteiger partial charge is 0.408 e. The second-order valence-corrected chi connectivity index (χ2v) is 18.7. The molecule has 4 heterocycles. The number of hydrogen-bond donors (Lipinski definition) is 3. The van der Waals surface area contributed by atoms with E-state index in [2.05, 4.69) is 20.3 Å². The SMILES string of the molecule is CC[C@@H](C)OC(=O)N[C@H]1CCCCC/C=C\[C@@H]2C[C@@]2(C(=O)NS(=O)(=O)C2(C)CC2)NC(=O)[C@@H]2C[C@]3(CCc4c(c(C(F)F)nc5ccc(OC)cc45)O3)CN2C1=O. The Labute approximate surface area is 330 Å². The van der Waals surface area contributed by atoms with Gasteiger partial charge in [-0.2, -0.15) is 0 Å². The van der Waals surface area contributed by atoms with Crippen LogP contribution < -0.4 is 24.8 Å². The van der Waals surface area contributed by atoms with Crippen molar-refractivity contribution < 1.29 is 50.6 Å². The van der Waals surface area contributed by atoms with Crippen LogP contribution in [0.2, 0.25) is 0 Å². The average molecular weight is 816 g/mol. The fourth-order valence-corrected chi connectivity index (χ4v) is 9.56. The molecule has 0 bridgehead atoms. The van der Waals surface area contributed by atoms with Crippen LogP contribution in [0.4, 0.5) is 13.6 Å². The summed E-state index contributed by atoms with van der Waals surface area (Å²) in [7, 11) is -2.56. The Morgan fingerprint density at radius 2 is 1.91 bits per heavy atom. The maximum atomic E-state index is 14.7. The van der Waals surface area contributed by atoms with E-state index >= 15 is 0 Å². The van der Waals surface area contributed by atoms with Crippen LogP contribution in [-0.2, 0) is 35.6 Å². The molecule has 57 heavy (non-hydrogen) atoms. The molecule has 1 spiro atoms. The maximum absolute atomic E-state index is 14.7. The van der Waals surface area contributed by atoms with Crippen molar-refractivity contribution in [2.75, 3.05) is 13.7 Å². The van der Waals surface area contributed by atoms with E-state index in [0.717, 1.165) is 6.42 Å². The topological polar surface area (TPSA) is 182 Å². The number of nitrogens with one attached hydrogen (secondary N) is 3. The Morgan fingerprint density at radius 1 is 1.14 bits per heavy atom. The molecule has 7 rings (SSSR count). The molecule has 17 heteroatoms. The molecule has 0 radical (unpaired) electrons. The van der Waals surface area contributed by atoms with Gasteiger partial charge in [0, 0.05) is 23.3 Å². The first kappa shape index (κ1) is 40.6. The van der Waals surface area contributed by atoms with E-state index in [1.165, 1.54) is 12.0 Å². The number of carbonyl (C=O) groups is 4. The highest BCUT2D eigenvalue weighted by atomic mass is 32.2. The highest BCUT2D eigenvalue weighted by Crippen LogP contribution is 2.50. The number of alkyl carbamates (subject to hydrolysis) is 1. The summed E-state index contributed by atoms with van der Waals surface area (Å²) in [4.78, 5) is 61.9. The molecule has 2 aliphatic carbocycles. The summed E-state index contributed by atoms with van der Waals surface area (Å²) in [5, 5.41) is 6.13. The van der Waals surface area contributed by atoms with Crippen LogP contribution in [0, 0.1) is 5.92 Å². The van der Waals surface area contributed by atoms with Gasteiger partial charge in [0.05, 0.1) is 23.9 Å². The molecule has 3 N–H and O–H groups in total. The van der Waals surface area contributed by atoms with Crippen LogP contribution >= 0.6 is 0 Å². The number of benzene rings is 1. The van der Waals surface area contributed by atoms with Gasteiger partial charge in [-0.25, -0.2) is 27.0 Å². The third-order valence-electron chi connectivity index (χ3n) is 12.4. The average Bonchev–Trinajstić information content (AvgIpc) is 4.07. The van der Waals surface area contributed by atoms with Crippen LogP contribution in [0.25, 0.3) is 10.9 Å². The summed E-state index contributed by atoms with van der Waals surface area (Å²) in [5.41, 5.74) is -2.67. The number of pyridine rings is 1. The van der Waals surface area contributed by atoms with Gasteiger partial charge in [-0.15, -0.1) is 0 Å². The van der Waals surface area contributed by atoms with Crippen molar-refractivity contribution in [3.63, 3.8) is 0 Å². The van der Waals surface area contributed by atoms with Crippen LogP contribution in [0.15, 0.2) is 30.4 Å². The van der Waals surface area contributed by atoms with Crippen LogP contribution in [0.3, 0.4) is 0 Å². The summed E-state index contributed by atoms with van der Waals surface area (Å²) in [6.07, 6.45) is 4.20. The number of aromatic nitrogens is 1. The molecule has 14 nitrogen and oxygen atoms in total. The molecule has 1 saturated heterocycles. The summed E-state index contributed by atoms with van der Waals surface area (Å²) in [6.45, 7) is 4.93. The van der Waals surface area contributed by atoms with E-state index in [1.54, 1.807) is 32.0 Å². The zero-order chi connectivity index (χ0) is 40.9. The van der Waals surface area contributed by atoms with Gasteiger partial charge in [-0.05, 0) is 89.8 Å². The van der Waals surface area contributed by atoms with Crippen molar-refractivity contribution in [3.8, 4) is 11.5 Å². The lowest BCUT2D eigenvalue weighted by molar-refractivity contribution is -0.141. The van der Waals surface area contributed by atoms with E-state index in [4.69, 9.17) is 14.2 Å². The van der Waals surface area contributed by atoms with E-state index in [0.29, 0.717) is 60.7 Å². The first-order valence-corrected chi connectivity index (χ1v) is 21.3. The van der Waals surface area contributed by atoms with Gasteiger partial charge < -0.3 is 29.7 Å². The fraction of sp³-hybridized carbons (Fsp3) is 0.625. The Balaban J connectivity index is 1.26. The Kier molecular flexibility index (Phi) is 10.9. The summed E-state index contributed by atoms with van der Waals surface area (Å²) >= 11 is 0. The first-order chi connectivity index (χ1) is 27.0. The van der Waals surface area contributed by atoms with E-state index in [9.17, 15) is 36.4 Å². The van der Waals surface area contributed by atoms with Crippen molar-refractivity contribution >= 4 is 44.7 Å². The molecule has 4 amide bonds. The Bertz CT molecular complexity index is 2100. The molecule has 0 unspecified atom stereocenters. The number of rotatable bonds is 8. The number of hydrogen-bond acceptors (Lipinski definition) is 10. The third-order valence-corrected chi connectivity index (χ3v) is 14.6. The van der Waals surface area contributed by atoms with Crippen LogP contribution in [-0.4, -0.2) is 89.8 Å². The lowest BCUT2D eigenvalue weighted by Crippen LogP contribution is -2.58. The van der Waals surface area contributed by atoms with Gasteiger partial charge >= 0.3 is 6.09 Å². The predicted octanol–water partition coefficient (Wildman–Crippen LogP) is 5.13. The normalized spacial score (nSPS) is 29.4. The highest BCUT2D eigenvalue weighted by Gasteiger charge is 2.64. The number of ether oxygens (including phenoxy) is 3.